The number of rotatable bonds is 5. The molecule has 1 heterocycles. The highest BCUT2D eigenvalue weighted by Crippen LogP contribution is 2.39. The third-order valence-electron chi connectivity index (χ3n) is 3.52. The number of non-ortho nitro benzene ring substituents is 1. The van der Waals surface area contributed by atoms with Gasteiger partial charge in [0.1, 0.15) is 23.9 Å². The summed E-state index contributed by atoms with van der Waals surface area (Å²) in [6, 6.07) is 6.08. The van der Waals surface area contributed by atoms with Crippen LogP contribution in [0.15, 0.2) is 35.2 Å². The number of anilines is 1. The molecule has 1 aliphatic heterocycles. The van der Waals surface area contributed by atoms with Crippen molar-refractivity contribution < 1.29 is 27.6 Å². The molecular formula is C15H13ClN2O7S. The van der Waals surface area contributed by atoms with Crippen LogP contribution in [0.25, 0.3) is 0 Å². The van der Waals surface area contributed by atoms with Crippen LogP contribution in [-0.2, 0) is 10.0 Å². The average Bonchev–Trinajstić information content (AvgIpc) is 2.61. The topological polar surface area (TPSA) is 117 Å². The number of methoxy groups -OCH3 is 1. The summed E-state index contributed by atoms with van der Waals surface area (Å²) in [7, 11) is -2.96. The first-order valence-corrected chi connectivity index (χ1v) is 9.12. The lowest BCUT2D eigenvalue weighted by atomic mass is 10.2. The van der Waals surface area contributed by atoms with Crippen LogP contribution in [0.4, 0.5) is 11.4 Å². The van der Waals surface area contributed by atoms with E-state index in [1.807, 2.05) is 0 Å². The molecule has 0 radical (unpaired) electrons. The van der Waals surface area contributed by atoms with E-state index in [2.05, 4.69) is 4.72 Å². The van der Waals surface area contributed by atoms with Crippen molar-refractivity contribution >= 4 is 33.0 Å². The van der Waals surface area contributed by atoms with Crippen LogP contribution < -0.4 is 18.9 Å². The molecule has 0 spiro atoms. The first-order chi connectivity index (χ1) is 12.3. The number of fused-ring (bicyclic) bond motifs is 1. The van der Waals surface area contributed by atoms with E-state index in [4.69, 9.17) is 25.8 Å². The Morgan fingerprint density at radius 2 is 1.85 bits per heavy atom. The summed E-state index contributed by atoms with van der Waals surface area (Å²) in [5.74, 6) is 0.693. The fourth-order valence-corrected chi connectivity index (χ4v) is 3.85. The molecule has 0 atom stereocenters. The highest BCUT2D eigenvalue weighted by molar-refractivity contribution is 7.92. The lowest BCUT2D eigenvalue weighted by molar-refractivity contribution is -0.385. The van der Waals surface area contributed by atoms with Crippen molar-refractivity contribution in [1.29, 1.82) is 0 Å². The number of benzene rings is 2. The summed E-state index contributed by atoms with van der Waals surface area (Å²) in [6.45, 7) is 0.679. The summed E-state index contributed by atoms with van der Waals surface area (Å²) in [5.41, 5.74) is -0.344. The largest absolute Gasteiger partial charge is 0.495 e. The van der Waals surface area contributed by atoms with Crippen LogP contribution >= 0.6 is 11.6 Å². The number of hydrogen-bond donors (Lipinski definition) is 1. The zero-order valence-corrected chi connectivity index (χ0v) is 15.0. The lowest BCUT2D eigenvalue weighted by Crippen LogP contribution is -2.17. The van der Waals surface area contributed by atoms with Crippen LogP contribution in [0.3, 0.4) is 0 Å². The fraction of sp³-hybridized carbons (Fsp3) is 0.200. The number of nitrogens with one attached hydrogen (secondary N) is 1. The third-order valence-corrected chi connectivity index (χ3v) is 5.22. The SMILES string of the molecule is COc1ccc([N+](=O)[O-])cc1S(=O)(=O)Nc1cc2c(cc1Cl)OCCO2. The molecular weight excluding hydrogens is 388 g/mol. The Labute approximate surface area is 153 Å². The van der Waals surface area contributed by atoms with E-state index in [9.17, 15) is 18.5 Å². The van der Waals surface area contributed by atoms with Crippen molar-refractivity contribution in [2.24, 2.45) is 0 Å². The van der Waals surface area contributed by atoms with Gasteiger partial charge in [-0.3, -0.25) is 14.8 Å². The second-order valence-corrected chi connectivity index (χ2v) is 7.23. The van der Waals surface area contributed by atoms with Gasteiger partial charge in [-0.15, -0.1) is 0 Å². The molecule has 0 aliphatic carbocycles. The molecule has 2 aromatic carbocycles. The van der Waals surface area contributed by atoms with Gasteiger partial charge in [0, 0.05) is 24.3 Å². The standard InChI is InChI=1S/C15H13ClN2O7S/c1-23-12-3-2-9(18(19)20)6-15(12)26(21,22)17-11-8-14-13(7-10(11)16)24-4-5-25-14/h2-3,6-8,17H,4-5H2,1H3. The van der Waals surface area contributed by atoms with E-state index in [0.717, 1.165) is 12.1 Å². The lowest BCUT2D eigenvalue weighted by Gasteiger charge is -2.20. The number of nitro benzene ring substituents is 1. The van der Waals surface area contributed by atoms with Crippen LogP contribution in [0.1, 0.15) is 0 Å². The van der Waals surface area contributed by atoms with Crippen molar-refractivity contribution in [2.75, 3.05) is 25.0 Å². The summed E-state index contributed by atoms with van der Waals surface area (Å²) in [5, 5.41) is 11.0. The van der Waals surface area contributed by atoms with Gasteiger partial charge in [-0.05, 0) is 6.07 Å². The van der Waals surface area contributed by atoms with E-state index in [1.165, 1.54) is 25.3 Å². The molecule has 1 aliphatic rings. The van der Waals surface area contributed by atoms with E-state index in [-0.39, 0.29) is 27.0 Å². The van der Waals surface area contributed by atoms with Crippen molar-refractivity contribution in [3.8, 4) is 17.2 Å². The molecule has 0 bridgehead atoms. The Balaban J connectivity index is 2.02. The van der Waals surface area contributed by atoms with Crippen LogP contribution in [0.2, 0.25) is 5.02 Å². The van der Waals surface area contributed by atoms with E-state index in [1.54, 1.807) is 0 Å². The van der Waals surface area contributed by atoms with Gasteiger partial charge in [-0.25, -0.2) is 8.42 Å². The Bertz CT molecular complexity index is 978. The predicted molar refractivity (Wildman–Crippen MR) is 92.9 cm³/mol. The highest BCUT2D eigenvalue weighted by atomic mass is 35.5. The molecule has 2 aromatic rings. The Kier molecular flexibility index (Phi) is 4.79. The van der Waals surface area contributed by atoms with Gasteiger partial charge in [-0.2, -0.15) is 0 Å². The Hall–Kier alpha value is -2.72. The molecule has 0 unspecified atom stereocenters. The minimum atomic E-state index is -4.22. The first-order valence-electron chi connectivity index (χ1n) is 7.26. The quantitative estimate of drug-likeness (QED) is 0.605. The molecule has 3 rings (SSSR count). The number of halogens is 1. The van der Waals surface area contributed by atoms with E-state index >= 15 is 0 Å². The molecule has 11 heteroatoms. The predicted octanol–water partition coefficient (Wildman–Crippen LogP) is 2.83. The summed E-state index contributed by atoms with van der Waals surface area (Å²) < 4.78 is 43.5. The second-order valence-electron chi connectivity index (χ2n) is 5.17. The average molecular weight is 401 g/mol. The molecule has 1 N–H and O–H groups in total. The van der Waals surface area contributed by atoms with Crippen molar-refractivity contribution in [3.63, 3.8) is 0 Å². The van der Waals surface area contributed by atoms with Gasteiger partial charge < -0.3 is 14.2 Å². The van der Waals surface area contributed by atoms with Gasteiger partial charge in [0.25, 0.3) is 15.7 Å². The monoisotopic (exact) mass is 400 g/mol. The third kappa shape index (κ3) is 3.46. The van der Waals surface area contributed by atoms with Gasteiger partial charge in [0.15, 0.2) is 11.5 Å². The highest BCUT2D eigenvalue weighted by Gasteiger charge is 2.25. The molecule has 0 saturated carbocycles. The van der Waals surface area contributed by atoms with Gasteiger partial charge in [-0.1, -0.05) is 11.6 Å². The van der Waals surface area contributed by atoms with E-state index in [0.29, 0.717) is 24.7 Å². The van der Waals surface area contributed by atoms with E-state index < -0.39 is 14.9 Å². The zero-order valence-electron chi connectivity index (χ0n) is 13.4. The number of hydrogen-bond acceptors (Lipinski definition) is 7. The summed E-state index contributed by atoms with van der Waals surface area (Å²) in [4.78, 5) is 9.86. The molecule has 138 valence electrons. The van der Waals surface area contributed by atoms with Gasteiger partial charge in [0.2, 0.25) is 0 Å². The van der Waals surface area contributed by atoms with Crippen LogP contribution in [0.5, 0.6) is 17.2 Å². The smallest absolute Gasteiger partial charge is 0.271 e. The summed E-state index contributed by atoms with van der Waals surface area (Å²) >= 11 is 6.11. The summed E-state index contributed by atoms with van der Waals surface area (Å²) in [6.07, 6.45) is 0. The minimum absolute atomic E-state index is 0.0447. The molecule has 0 aromatic heterocycles. The number of nitro groups is 1. The maximum atomic E-state index is 12.7. The van der Waals surface area contributed by atoms with Crippen LogP contribution in [-0.4, -0.2) is 33.7 Å². The van der Waals surface area contributed by atoms with Gasteiger partial charge in [0.05, 0.1) is 22.7 Å². The van der Waals surface area contributed by atoms with Gasteiger partial charge >= 0.3 is 0 Å². The first kappa shape index (κ1) is 18.1. The number of sulfonamides is 1. The van der Waals surface area contributed by atoms with Crippen LogP contribution in [0, 0.1) is 10.1 Å². The van der Waals surface area contributed by atoms with Crippen molar-refractivity contribution in [3.05, 3.63) is 45.5 Å². The van der Waals surface area contributed by atoms with Crippen molar-refractivity contribution in [2.45, 2.75) is 4.90 Å². The maximum Gasteiger partial charge on any atom is 0.271 e. The Morgan fingerprint density at radius 1 is 1.19 bits per heavy atom. The molecule has 0 amide bonds. The fourth-order valence-electron chi connectivity index (χ4n) is 2.33. The normalized spacial score (nSPS) is 13.2. The Morgan fingerprint density at radius 3 is 2.46 bits per heavy atom. The maximum absolute atomic E-state index is 12.7. The number of ether oxygens (including phenoxy) is 3. The van der Waals surface area contributed by atoms with Crippen molar-refractivity contribution in [1.82, 2.24) is 0 Å². The molecule has 9 nitrogen and oxygen atoms in total. The zero-order chi connectivity index (χ0) is 18.9. The molecule has 0 saturated heterocycles. The second kappa shape index (κ2) is 6.89. The minimum Gasteiger partial charge on any atom is -0.495 e. The number of nitrogens with zero attached hydrogens (tertiary/aromatic N) is 1. The molecule has 0 fully saturated rings. The molecule has 26 heavy (non-hydrogen) atoms.